The van der Waals surface area contributed by atoms with E-state index in [0.29, 0.717) is 13.0 Å². The molecule has 0 aliphatic heterocycles. The molecule has 0 bridgehead atoms. The lowest BCUT2D eigenvalue weighted by atomic mass is 10.2. The number of aryl methyl sites for hydroxylation is 1. The molecule has 0 atom stereocenters. The van der Waals surface area contributed by atoms with Gasteiger partial charge in [0.1, 0.15) is 5.71 Å². The minimum atomic E-state index is -4.53. The number of hydrogen-bond acceptors (Lipinski definition) is 4. The van der Waals surface area contributed by atoms with Crippen LogP contribution in [0, 0.1) is 0 Å². The van der Waals surface area contributed by atoms with Crippen molar-refractivity contribution >= 4 is 17.5 Å². The first-order chi connectivity index (χ1) is 11.0. The Morgan fingerprint density at radius 1 is 1.30 bits per heavy atom. The van der Waals surface area contributed by atoms with E-state index in [-0.39, 0.29) is 17.2 Å². The van der Waals surface area contributed by atoms with Gasteiger partial charge in [-0.1, -0.05) is 30.3 Å². The van der Waals surface area contributed by atoms with Gasteiger partial charge >= 0.3 is 6.18 Å². The van der Waals surface area contributed by atoms with E-state index in [1.807, 2.05) is 37.3 Å². The van der Waals surface area contributed by atoms with Crippen LogP contribution in [0.2, 0.25) is 0 Å². The number of alkyl halides is 3. The fourth-order valence-corrected chi connectivity index (χ4v) is 2.85. The number of benzene rings is 1. The number of oxime groups is 1. The van der Waals surface area contributed by atoms with Gasteiger partial charge in [0, 0.05) is 17.2 Å². The Balaban J connectivity index is 2.24. The molecule has 0 aliphatic carbocycles. The van der Waals surface area contributed by atoms with E-state index in [4.69, 9.17) is 0 Å². The summed E-state index contributed by atoms with van der Waals surface area (Å²) in [7, 11) is 0. The molecule has 1 heterocycles. The van der Waals surface area contributed by atoms with E-state index in [1.54, 1.807) is 0 Å². The minimum absolute atomic E-state index is 0.162. The summed E-state index contributed by atoms with van der Waals surface area (Å²) in [6.45, 7) is 2.16. The maximum Gasteiger partial charge on any atom is 0.435 e. The smallest absolute Gasteiger partial charge is 0.411 e. The first-order valence-electron chi connectivity index (χ1n) is 7.00. The summed E-state index contributed by atoms with van der Waals surface area (Å²) in [5, 5.41) is 16.0. The van der Waals surface area contributed by atoms with Crippen LogP contribution in [0.1, 0.15) is 24.7 Å². The SMILES string of the molecule is CCCn1nc(C(F)(F)F)cc1/C(CSc1ccccc1)=N\O. The summed E-state index contributed by atoms with van der Waals surface area (Å²) in [4.78, 5) is 0.936. The Morgan fingerprint density at radius 3 is 2.57 bits per heavy atom. The zero-order valence-electron chi connectivity index (χ0n) is 12.4. The van der Waals surface area contributed by atoms with E-state index in [1.165, 1.54) is 16.4 Å². The van der Waals surface area contributed by atoms with Crippen molar-refractivity contribution in [2.75, 3.05) is 5.75 Å². The van der Waals surface area contributed by atoms with Crippen molar-refractivity contribution in [1.29, 1.82) is 0 Å². The van der Waals surface area contributed by atoms with Gasteiger partial charge in [0.15, 0.2) is 5.69 Å². The van der Waals surface area contributed by atoms with Gasteiger partial charge in [-0.15, -0.1) is 11.8 Å². The van der Waals surface area contributed by atoms with Crippen LogP contribution in [-0.2, 0) is 12.7 Å². The molecule has 1 aromatic heterocycles. The Morgan fingerprint density at radius 2 is 2.00 bits per heavy atom. The molecule has 23 heavy (non-hydrogen) atoms. The van der Waals surface area contributed by atoms with Gasteiger partial charge in [-0.3, -0.25) is 4.68 Å². The molecule has 0 aliphatic rings. The van der Waals surface area contributed by atoms with Gasteiger partial charge in [-0.05, 0) is 24.6 Å². The van der Waals surface area contributed by atoms with Crippen LogP contribution < -0.4 is 0 Å². The minimum Gasteiger partial charge on any atom is -0.411 e. The van der Waals surface area contributed by atoms with Crippen molar-refractivity contribution in [2.45, 2.75) is 31.0 Å². The lowest BCUT2D eigenvalue weighted by molar-refractivity contribution is -0.141. The van der Waals surface area contributed by atoms with Crippen LogP contribution in [0.25, 0.3) is 0 Å². The van der Waals surface area contributed by atoms with Crippen LogP contribution in [0.5, 0.6) is 0 Å². The van der Waals surface area contributed by atoms with E-state index >= 15 is 0 Å². The van der Waals surface area contributed by atoms with Gasteiger partial charge in [0.2, 0.25) is 0 Å². The molecule has 1 N–H and O–H groups in total. The molecule has 4 nitrogen and oxygen atoms in total. The predicted octanol–water partition coefficient (Wildman–Crippen LogP) is 4.28. The monoisotopic (exact) mass is 343 g/mol. The fraction of sp³-hybridized carbons (Fsp3) is 0.333. The molecular formula is C15H16F3N3OS. The van der Waals surface area contributed by atoms with Crippen molar-refractivity contribution in [1.82, 2.24) is 9.78 Å². The summed E-state index contributed by atoms with van der Waals surface area (Å²) in [5.74, 6) is 0.243. The standard InChI is InChI=1S/C15H16F3N3OS/c1-2-8-21-13(9-14(19-21)15(16,17)18)12(20-22)10-23-11-6-4-3-5-7-11/h3-7,9,22H,2,8,10H2,1H3/b20-12-. The number of hydrogen-bond donors (Lipinski definition) is 1. The van der Waals surface area contributed by atoms with Crippen LogP contribution in [0.3, 0.4) is 0 Å². The third-order valence-corrected chi connectivity index (χ3v) is 4.06. The first kappa shape index (κ1) is 17.4. The number of aromatic nitrogens is 2. The Hall–Kier alpha value is -1.96. The first-order valence-corrected chi connectivity index (χ1v) is 7.98. The molecular weight excluding hydrogens is 327 g/mol. The molecule has 2 aromatic rings. The summed E-state index contributed by atoms with van der Waals surface area (Å²) in [6, 6.07) is 10.3. The molecule has 0 amide bonds. The summed E-state index contributed by atoms with van der Waals surface area (Å²) in [5.41, 5.74) is -0.632. The highest BCUT2D eigenvalue weighted by Gasteiger charge is 2.35. The van der Waals surface area contributed by atoms with Crippen molar-refractivity contribution in [3.8, 4) is 0 Å². The Kier molecular flexibility index (Phi) is 5.70. The van der Waals surface area contributed by atoms with E-state index in [0.717, 1.165) is 11.0 Å². The maximum atomic E-state index is 12.9. The highest BCUT2D eigenvalue weighted by atomic mass is 32.2. The Bertz CT molecular complexity index is 668. The maximum absolute atomic E-state index is 12.9. The Labute approximate surface area is 136 Å². The summed E-state index contributed by atoms with van der Waals surface area (Å²) in [6.07, 6.45) is -3.91. The number of halogens is 3. The molecule has 0 radical (unpaired) electrons. The van der Waals surface area contributed by atoms with E-state index < -0.39 is 11.9 Å². The third kappa shape index (κ3) is 4.51. The van der Waals surface area contributed by atoms with Crippen LogP contribution in [0.15, 0.2) is 46.4 Å². The quantitative estimate of drug-likeness (QED) is 0.369. The molecule has 0 saturated heterocycles. The van der Waals surface area contributed by atoms with Gasteiger partial charge in [-0.25, -0.2) is 0 Å². The molecule has 0 fully saturated rings. The van der Waals surface area contributed by atoms with Gasteiger partial charge < -0.3 is 5.21 Å². The van der Waals surface area contributed by atoms with Gasteiger partial charge in [0.25, 0.3) is 0 Å². The highest BCUT2D eigenvalue weighted by Crippen LogP contribution is 2.29. The molecule has 124 valence electrons. The van der Waals surface area contributed by atoms with Crippen molar-refractivity contribution in [3.63, 3.8) is 0 Å². The molecule has 2 rings (SSSR count). The predicted molar refractivity (Wildman–Crippen MR) is 83.0 cm³/mol. The zero-order chi connectivity index (χ0) is 16.9. The van der Waals surface area contributed by atoms with E-state index in [9.17, 15) is 18.4 Å². The lowest BCUT2D eigenvalue weighted by Gasteiger charge is -2.07. The van der Waals surface area contributed by atoms with Crippen molar-refractivity contribution < 1.29 is 18.4 Å². The third-order valence-electron chi connectivity index (χ3n) is 3.04. The second-order valence-electron chi connectivity index (χ2n) is 4.78. The largest absolute Gasteiger partial charge is 0.435 e. The zero-order valence-corrected chi connectivity index (χ0v) is 13.2. The lowest BCUT2D eigenvalue weighted by Crippen LogP contribution is -2.13. The number of thioether (sulfide) groups is 1. The molecule has 0 unspecified atom stereocenters. The molecule has 0 saturated carbocycles. The number of rotatable bonds is 6. The van der Waals surface area contributed by atoms with Gasteiger partial charge in [0.05, 0.1) is 5.69 Å². The second kappa shape index (κ2) is 7.54. The molecule has 0 spiro atoms. The highest BCUT2D eigenvalue weighted by molar-refractivity contribution is 8.00. The van der Waals surface area contributed by atoms with Crippen LogP contribution >= 0.6 is 11.8 Å². The molecule has 1 aromatic carbocycles. The van der Waals surface area contributed by atoms with Crippen molar-refractivity contribution in [2.24, 2.45) is 5.16 Å². The average molecular weight is 343 g/mol. The summed E-state index contributed by atoms with van der Waals surface area (Å²) < 4.78 is 39.8. The van der Waals surface area contributed by atoms with Crippen LogP contribution in [0.4, 0.5) is 13.2 Å². The molecule has 8 heteroatoms. The summed E-state index contributed by atoms with van der Waals surface area (Å²) >= 11 is 1.38. The topological polar surface area (TPSA) is 50.4 Å². The van der Waals surface area contributed by atoms with Crippen LogP contribution in [-0.4, -0.2) is 26.5 Å². The van der Waals surface area contributed by atoms with E-state index in [2.05, 4.69) is 10.3 Å². The average Bonchev–Trinajstić information content (AvgIpc) is 2.94. The van der Waals surface area contributed by atoms with Crippen molar-refractivity contribution in [3.05, 3.63) is 47.8 Å². The fourth-order valence-electron chi connectivity index (χ4n) is 1.99. The van der Waals surface area contributed by atoms with Gasteiger partial charge in [-0.2, -0.15) is 18.3 Å². The normalized spacial score (nSPS) is 12.6. The second-order valence-corrected chi connectivity index (χ2v) is 5.83. The number of nitrogens with zero attached hydrogens (tertiary/aromatic N) is 3.